The highest BCUT2D eigenvalue weighted by Crippen LogP contribution is 2.39. The summed E-state index contributed by atoms with van der Waals surface area (Å²) in [4.78, 5) is 26.0. The van der Waals surface area contributed by atoms with Gasteiger partial charge in [-0.1, -0.05) is 24.3 Å². The highest BCUT2D eigenvalue weighted by atomic mass is 16.5. The number of aromatic nitrogens is 1. The van der Waals surface area contributed by atoms with Gasteiger partial charge in [0.15, 0.2) is 16.9 Å². The van der Waals surface area contributed by atoms with E-state index in [2.05, 4.69) is 5.32 Å². The second-order valence-electron chi connectivity index (χ2n) is 7.70. The van der Waals surface area contributed by atoms with Crippen molar-refractivity contribution in [1.29, 1.82) is 0 Å². The van der Waals surface area contributed by atoms with Gasteiger partial charge in [-0.05, 0) is 48.9 Å². The van der Waals surface area contributed by atoms with E-state index in [4.69, 9.17) is 14.2 Å². The summed E-state index contributed by atoms with van der Waals surface area (Å²) in [6, 6.07) is 18.0. The lowest BCUT2D eigenvalue weighted by molar-refractivity contribution is -0.122. The molecule has 1 atom stereocenters. The summed E-state index contributed by atoms with van der Waals surface area (Å²) < 4.78 is 18.1. The number of hydrogen-bond acceptors (Lipinski definition) is 5. The van der Waals surface area contributed by atoms with Gasteiger partial charge in [0.1, 0.15) is 6.54 Å². The molecule has 0 radical (unpaired) electrons. The minimum atomic E-state index is -0.317. The van der Waals surface area contributed by atoms with Gasteiger partial charge in [0.2, 0.25) is 11.7 Å². The fourth-order valence-electron chi connectivity index (χ4n) is 4.11. The molecule has 0 spiro atoms. The second kappa shape index (κ2) is 9.24. The third kappa shape index (κ3) is 4.09. The van der Waals surface area contributed by atoms with Crippen LogP contribution in [0.15, 0.2) is 65.5 Å². The number of nitrogens with one attached hydrogen (secondary N) is 1. The second-order valence-corrected chi connectivity index (χ2v) is 7.70. The largest absolute Gasteiger partial charge is 0.493 e. The zero-order valence-corrected chi connectivity index (χ0v) is 19.0. The molecule has 0 aliphatic carbocycles. The summed E-state index contributed by atoms with van der Waals surface area (Å²) in [5.41, 5.74) is 2.21. The van der Waals surface area contributed by atoms with Crippen LogP contribution in [-0.4, -0.2) is 31.8 Å². The maximum Gasteiger partial charge on any atom is 0.240 e. The van der Waals surface area contributed by atoms with Crippen LogP contribution >= 0.6 is 0 Å². The number of nitrogens with zero attached hydrogens (tertiary/aromatic N) is 1. The number of hydrogen-bond donors (Lipinski definition) is 1. The molecule has 1 unspecified atom stereocenters. The molecular formula is C26H26N2O5. The van der Waals surface area contributed by atoms with Crippen LogP contribution in [0, 0.1) is 0 Å². The minimum absolute atomic E-state index is 0.0383. The molecule has 0 fully saturated rings. The Morgan fingerprint density at radius 3 is 1.88 bits per heavy atom. The summed E-state index contributed by atoms with van der Waals surface area (Å²) in [5, 5.41) is 4.21. The van der Waals surface area contributed by atoms with Crippen LogP contribution in [0.3, 0.4) is 0 Å². The molecule has 170 valence electrons. The first-order valence-electron chi connectivity index (χ1n) is 10.6. The van der Waals surface area contributed by atoms with Crippen LogP contribution in [-0.2, 0) is 11.3 Å². The van der Waals surface area contributed by atoms with Gasteiger partial charge in [0.05, 0.1) is 38.4 Å². The van der Waals surface area contributed by atoms with Gasteiger partial charge in [-0.2, -0.15) is 0 Å². The molecule has 1 amide bonds. The molecular weight excluding hydrogens is 420 g/mol. The minimum Gasteiger partial charge on any atom is -0.493 e. The van der Waals surface area contributed by atoms with E-state index >= 15 is 0 Å². The number of fused-ring (bicyclic) bond motifs is 2. The summed E-state index contributed by atoms with van der Waals surface area (Å²) in [6.45, 7) is 1.95. The quantitative estimate of drug-likeness (QED) is 0.433. The third-order valence-corrected chi connectivity index (χ3v) is 5.75. The van der Waals surface area contributed by atoms with Crippen LogP contribution in [0.2, 0.25) is 0 Å². The number of benzene rings is 3. The average molecular weight is 447 g/mol. The summed E-state index contributed by atoms with van der Waals surface area (Å²) in [6.07, 6.45) is 0. The van der Waals surface area contributed by atoms with E-state index < -0.39 is 0 Å². The lowest BCUT2D eigenvalue weighted by Gasteiger charge is -2.20. The smallest absolute Gasteiger partial charge is 0.240 e. The number of para-hydroxylation sites is 2. The lowest BCUT2D eigenvalue weighted by Crippen LogP contribution is -2.31. The van der Waals surface area contributed by atoms with Crippen molar-refractivity contribution in [3.05, 3.63) is 76.5 Å². The van der Waals surface area contributed by atoms with Crippen molar-refractivity contribution in [3.8, 4) is 17.2 Å². The molecule has 4 aromatic rings. The zero-order valence-electron chi connectivity index (χ0n) is 19.0. The van der Waals surface area contributed by atoms with Crippen LogP contribution in [0.5, 0.6) is 17.2 Å². The van der Waals surface area contributed by atoms with Crippen LogP contribution < -0.4 is 25.0 Å². The molecule has 3 aromatic carbocycles. The maximum absolute atomic E-state index is 13.1. The average Bonchev–Trinajstić information content (AvgIpc) is 2.85. The zero-order chi connectivity index (χ0) is 23.5. The van der Waals surface area contributed by atoms with E-state index in [0.717, 1.165) is 16.6 Å². The van der Waals surface area contributed by atoms with E-state index in [1.54, 1.807) is 33.5 Å². The normalized spacial score (nSPS) is 11.9. The molecule has 0 saturated carbocycles. The molecule has 33 heavy (non-hydrogen) atoms. The first-order valence-corrected chi connectivity index (χ1v) is 10.6. The van der Waals surface area contributed by atoms with Crippen LogP contribution in [0.25, 0.3) is 21.8 Å². The molecule has 0 aliphatic heterocycles. The number of methoxy groups -OCH3 is 3. The molecule has 4 rings (SSSR count). The fraction of sp³-hybridized carbons (Fsp3) is 0.231. The highest BCUT2D eigenvalue weighted by Gasteiger charge is 2.19. The SMILES string of the molecule is COc1cc(C(C)NC(=O)Cn2c3ccccc3c(=O)c3ccccc32)cc(OC)c1OC. The molecule has 0 bridgehead atoms. The monoisotopic (exact) mass is 446 g/mol. The summed E-state index contributed by atoms with van der Waals surface area (Å²) in [5.74, 6) is 1.35. The Morgan fingerprint density at radius 1 is 0.879 bits per heavy atom. The molecule has 7 heteroatoms. The summed E-state index contributed by atoms with van der Waals surface area (Å²) in [7, 11) is 4.65. The standard InChI is InChI=1S/C26H26N2O5/c1-16(17-13-22(31-2)26(33-4)23(14-17)32-3)27-24(29)15-28-20-11-7-5-9-18(20)25(30)19-10-6-8-12-21(19)28/h5-14,16H,15H2,1-4H3,(H,27,29). The van der Waals surface area contributed by atoms with Gasteiger partial charge in [-0.3, -0.25) is 9.59 Å². The van der Waals surface area contributed by atoms with Crippen molar-refractivity contribution >= 4 is 27.7 Å². The van der Waals surface area contributed by atoms with Crippen molar-refractivity contribution in [2.45, 2.75) is 19.5 Å². The van der Waals surface area contributed by atoms with Crippen molar-refractivity contribution in [2.75, 3.05) is 21.3 Å². The molecule has 0 saturated heterocycles. The Labute approximate surface area is 191 Å². The Hall–Kier alpha value is -4.00. The Kier molecular flexibility index (Phi) is 6.22. The maximum atomic E-state index is 13.1. The van der Waals surface area contributed by atoms with Crippen molar-refractivity contribution < 1.29 is 19.0 Å². The number of carbonyl (C=O) groups is 1. The predicted octanol–water partition coefficient (Wildman–Crippen LogP) is 4.06. The van der Waals surface area contributed by atoms with Crippen LogP contribution in [0.1, 0.15) is 18.5 Å². The van der Waals surface area contributed by atoms with Gasteiger partial charge in [-0.15, -0.1) is 0 Å². The molecule has 1 heterocycles. The van der Waals surface area contributed by atoms with Crippen molar-refractivity contribution in [3.63, 3.8) is 0 Å². The van der Waals surface area contributed by atoms with E-state index in [1.165, 1.54) is 0 Å². The fourth-order valence-corrected chi connectivity index (χ4v) is 4.11. The van der Waals surface area contributed by atoms with Gasteiger partial charge in [-0.25, -0.2) is 0 Å². The molecule has 0 aliphatic rings. The van der Waals surface area contributed by atoms with E-state index in [1.807, 2.05) is 60.0 Å². The first-order chi connectivity index (χ1) is 16.0. The highest BCUT2D eigenvalue weighted by molar-refractivity contribution is 5.94. The van der Waals surface area contributed by atoms with E-state index in [0.29, 0.717) is 28.0 Å². The van der Waals surface area contributed by atoms with E-state index in [-0.39, 0.29) is 23.9 Å². The van der Waals surface area contributed by atoms with Crippen molar-refractivity contribution in [1.82, 2.24) is 9.88 Å². The Balaban J connectivity index is 1.67. The topological polar surface area (TPSA) is 78.8 Å². The van der Waals surface area contributed by atoms with Crippen LogP contribution in [0.4, 0.5) is 0 Å². The van der Waals surface area contributed by atoms with E-state index in [9.17, 15) is 9.59 Å². The molecule has 1 aromatic heterocycles. The number of rotatable bonds is 7. The third-order valence-electron chi connectivity index (χ3n) is 5.75. The van der Waals surface area contributed by atoms with Crippen molar-refractivity contribution in [2.24, 2.45) is 0 Å². The Morgan fingerprint density at radius 2 is 1.39 bits per heavy atom. The molecule has 7 nitrogen and oxygen atoms in total. The predicted molar refractivity (Wildman–Crippen MR) is 128 cm³/mol. The number of carbonyl (C=O) groups excluding carboxylic acids is 1. The van der Waals surface area contributed by atoms with Gasteiger partial charge in [0, 0.05) is 10.8 Å². The first kappa shape index (κ1) is 22.2. The Bertz CT molecular complexity index is 1310. The van der Waals surface area contributed by atoms with Gasteiger partial charge < -0.3 is 24.1 Å². The number of ether oxygens (including phenoxy) is 3. The lowest BCUT2D eigenvalue weighted by atomic mass is 10.1. The van der Waals surface area contributed by atoms with Gasteiger partial charge in [0.25, 0.3) is 0 Å². The number of pyridine rings is 1. The molecule has 1 N–H and O–H groups in total. The van der Waals surface area contributed by atoms with Gasteiger partial charge >= 0.3 is 0 Å². The number of amides is 1. The summed E-state index contributed by atoms with van der Waals surface area (Å²) >= 11 is 0.